The third-order valence-corrected chi connectivity index (χ3v) is 2.49. The molecule has 1 amide bonds. The number of hydrogen-bond acceptors (Lipinski definition) is 3. The van der Waals surface area contributed by atoms with Crippen LogP contribution in [0, 0.1) is 17.5 Å². The predicted octanol–water partition coefficient (Wildman–Crippen LogP) is 2.45. The number of nitrogens with zero attached hydrogens (tertiary/aromatic N) is 1. The van der Waals surface area contributed by atoms with Crippen LogP contribution in [0.25, 0.3) is 0 Å². The van der Waals surface area contributed by atoms with Gasteiger partial charge in [-0.1, -0.05) is 0 Å². The fourth-order valence-electron chi connectivity index (χ4n) is 1.59. The molecular formula is C13H7F3N2O3. The first-order valence-electron chi connectivity index (χ1n) is 5.54. The Bertz CT molecular complexity index is 735. The molecule has 0 saturated heterocycles. The number of anilines is 1. The van der Waals surface area contributed by atoms with E-state index in [-0.39, 0.29) is 0 Å². The van der Waals surface area contributed by atoms with Crippen molar-refractivity contribution in [1.29, 1.82) is 0 Å². The largest absolute Gasteiger partial charge is 0.478 e. The molecule has 108 valence electrons. The molecule has 2 aromatic rings. The van der Waals surface area contributed by atoms with Crippen molar-refractivity contribution in [1.82, 2.24) is 4.98 Å². The Morgan fingerprint density at radius 2 is 1.90 bits per heavy atom. The topological polar surface area (TPSA) is 79.3 Å². The average molecular weight is 296 g/mol. The number of carboxylic acids is 1. The van der Waals surface area contributed by atoms with Gasteiger partial charge >= 0.3 is 5.97 Å². The molecule has 0 atom stereocenters. The third kappa shape index (κ3) is 2.99. The second-order valence-corrected chi connectivity index (χ2v) is 3.91. The van der Waals surface area contributed by atoms with Crippen LogP contribution in [-0.4, -0.2) is 22.0 Å². The molecule has 0 saturated carbocycles. The minimum absolute atomic E-state index is 0.314. The van der Waals surface area contributed by atoms with E-state index in [0.29, 0.717) is 12.1 Å². The number of benzene rings is 1. The number of nitrogens with one attached hydrogen (secondary N) is 1. The monoisotopic (exact) mass is 296 g/mol. The van der Waals surface area contributed by atoms with Gasteiger partial charge in [-0.05, 0) is 12.1 Å². The summed E-state index contributed by atoms with van der Waals surface area (Å²) in [5.41, 5.74) is -1.68. The highest BCUT2D eigenvalue weighted by Crippen LogP contribution is 2.20. The molecule has 8 heteroatoms. The Hall–Kier alpha value is -2.90. The molecule has 0 unspecified atom stereocenters. The van der Waals surface area contributed by atoms with Crippen molar-refractivity contribution in [3.05, 3.63) is 59.2 Å². The van der Waals surface area contributed by atoms with E-state index >= 15 is 0 Å². The van der Waals surface area contributed by atoms with E-state index in [1.54, 1.807) is 0 Å². The average Bonchev–Trinajstić information content (AvgIpc) is 2.44. The zero-order valence-corrected chi connectivity index (χ0v) is 10.2. The maximum atomic E-state index is 13.4. The van der Waals surface area contributed by atoms with E-state index < -0.39 is 46.3 Å². The van der Waals surface area contributed by atoms with Crippen LogP contribution in [0.2, 0.25) is 0 Å². The first kappa shape index (κ1) is 14.5. The van der Waals surface area contributed by atoms with E-state index in [0.717, 1.165) is 12.3 Å². The molecule has 0 radical (unpaired) electrons. The van der Waals surface area contributed by atoms with Crippen LogP contribution < -0.4 is 5.32 Å². The van der Waals surface area contributed by atoms with Crippen LogP contribution >= 0.6 is 0 Å². The van der Waals surface area contributed by atoms with E-state index in [1.807, 2.05) is 5.32 Å². The zero-order chi connectivity index (χ0) is 15.6. The molecule has 5 nitrogen and oxygen atoms in total. The predicted molar refractivity (Wildman–Crippen MR) is 65.5 cm³/mol. The second-order valence-electron chi connectivity index (χ2n) is 3.91. The smallest absolute Gasteiger partial charge is 0.338 e. The lowest BCUT2D eigenvalue weighted by molar-refractivity contribution is 0.0691. The molecule has 0 fully saturated rings. The number of carbonyl (C=O) groups excluding carboxylic acids is 1. The molecule has 1 heterocycles. The van der Waals surface area contributed by atoms with Gasteiger partial charge in [-0.2, -0.15) is 0 Å². The van der Waals surface area contributed by atoms with Gasteiger partial charge in [-0.25, -0.2) is 18.0 Å². The van der Waals surface area contributed by atoms with Crippen molar-refractivity contribution in [2.75, 3.05) is 5.32 Å². The second kappa shape index (κ2) is 5.61. The van der Waals surface area contributed by atoms with Crippen LogP contribution in [0.4, 0.5) is 18.9 Å². The molecule has 2 rings (SSSR count). The van der Waals surface area contributed by atoms with Crippen molar-refractivity contribution in [3.63, 3.8) is 0 Å². The van der Waals surface area contributed by atoms with Crippen molar-refractivity contribution < 1.29 is 27.9 Å². The number of halogens is 3. The molecule has 21 heavy (non-hydrogen) atoms. The Balaban J connectivity index is 2.38. The first-order valence-corrected chi connectivity index (χ1v) is 5.54. The summed E-state index contributed by atoms with van der Waals surface area (Å²) in [5.74, 6) is -6.55. The SMILES string of the molecule is O=C(O)c1cccnc1C(=O)Nc1cc(F)cc(F)c1F. The van der Waals surface area contributed by atoms with Crippen LogP contribution in [0.3, 0.4) is 0 Å². The van der Waals surface area contributed by atoms with E-state index in [9.17, 15) is 22.8 Å². The zero-order valence-electron chi connectivity index (χ0n) is 10.2. The molecule has 1 aromatic carbocycles. The van der Waals surface area contributed by atoms with E-state index in [4.69, 9.17) is 5.11 Å². The van der Waals surface area contributed by atoms with E-state index in [1.165, 1.54) is 6.07 Å². The van der Waals surface area contributed by atoms with Gasteiger partial charge in [0, 0.05) is 18.3 Å². The molecule has 0 spiro atoms. The van der Waals surface area contributed by atoms with Gasteiger partial charge in [0.1, 0.15) is 11.5 Å². The van der Waals surface area contributed by atoms with Gasteiger partial charge in [-0.15, -0.1) is 0 Å². The van der Waals surface area contributed by atoms with Gasteiger partial charge in [0.05, 0.1) is 11.3 Å². The Morgan fingerprint density at radius 3 is 2.57 bits per heavy atom. The van der Waals surface area contributed by atoms with Gasteiger partial charge in [0.2, 0.25) is 0 Å². The number of pyridine rings is 1. The van der Waals surface area contributed by atoms with Crippen molar-refractivity contribution in [2.24, 2.45) is 0 Å². The highest BCUT2D eigenvalue weighted by atomic mass is 19.2. The van der Waals surface area contributed by atoms with Crippen LogP contribution in [-0.2, 0) is 0 Å². The molecule has 1 aromatic heterocycles. The van der Waals surface area contributed by atoms with Crippen LogP contribution in [0.1, 0.15) is 20.8 Å². The summed E-state index contributed by atoms with van der Waals surface area (Å²) in [7, 11) is 0. The number of aromatic carboxylic acids is 1. The minimum Gasteiger partial charge on any atom is -0.478 e. The number of aromatic nitrogens is 1. The van der Waals surface area contributed by atoms with Crippen LogP contribution in [0.5, 0.6) is 0 Å². The number of carbonyl (C=O) groups is 2. The fraction of sp³-hybridized carbons (Fsp3) is 0. The molecule has 0 bridgehead atoms. The number of amides is 1. The summed E-state index contributed by atoms with van der Waals surface area (Å²) in [5, 5.41) is 10.8. The fourth-order valence-corrected chi connectivity index (χ4v) is 1.59. The van der Waals surface area contributed by atoms with Gasteiger partial charge in [0.25, 0.3) is 5.91 Å². The summed E-state index contributed by atoms with van der Waals surface area (Å²) in [4.78, 5) is 26.4. The molecule has 2 N–H and O–H groups in total. The first-order chi connectivity index (χ1) is 9.90. The molecule has 0 aliphatic rings. The standard InChI is InChI=1S/C13H7F3N2O3/c14-6-4-8(15)10(16)9(5-6)18-12(19)11-7(13(20)21)2-1-3-17-11/h1-5H,(H,18,19)(H,20,21). The third-order valence-electron chi connectivity index (χ3n) is 2.49. The molecule has 0 aliphatic carbocycles. The Kier molecular flexibility index (Phi) is 3.88. The summed E-state index contributed by atoms with van der Waals surface area (Å²) in [6, 6.07) is 3.30. The summed E-state index contributed by atoms with van der Waals surface area (Å²) < 4.78 is 39.4. The van der Waals surface area contributed by atoms with E-state index in [2.05, 4.69) is 4.98 Å². The van der Waals surface area contributed by atoms with Gasteiger partial charge in [0.15, 0.2) is 11.6 Å². The summed E-state index contributed by atoms with van der Waals surface area (Å²) in [6.45, 7) is 0. The summed E-state index contributed by atoms with van der Waals surface area (Å²) in [6.07, 6.45) is 1.16. The van der Waals surface area contributed by atoms with Crippen molar-refractivity contribution in [3.8, 4) is 0 Å². The number of rotatable bonds is 3. The number of hydrogen-bond donors (Lipinski definition) is 2. The Morgan fingerprint density at radius 1 is 1.19 bits per heavy atom. The summed E-state index contributed by atoms with van der Waals surface area (Å²) >= 11 is 0. The minimum atomic E-state index is -1.48. The van der Waals surface area contributed by atoms with Crippen molar-refractivity contribution >= 4 is 17.6 Å². The van der Waals surface area contributed by atoms with Gasteiger partial charge < -0.3 is 10.4 Å². The maximum absolute atomic E-state index is 13.4. The highest BCUT2D eigenvalue weighted by molar-refractivity contribution is 6.09. The molecule has 0 aliphatic heterocycles. The lowest BCUT2D eigenvalue weighted by Crippen LogP contribution is -2.19. The van der Waals surface area contributed by atoms with Crippen molar-refractivity contribution in [2.45, 2.75) is 0 Å². The quantitative estimate of drug-likeness (QED) is 0.853. The Labute approximate surface area is 116 Å². The number of carboxylic acid groups (broad SMARTS) is 1. The van der Waals surface area contributed by atoms with Crippen LogP contribution in [0.15, 0.2) is 30.5 Å². The lowest BCUT2D eigenvalue weighted by atomic mass is 10.2. The maximum Gasteiger partial charge on any atom is 0.338 e. The molecular weight excluding hydrogens is 289 g/mol. The normalized spacial score (nSPS) is 10.2. The van der Waals surface area contributed by atoms with Gasteiger partial charge in [-0.3, -0.25) is 9.78 Å². The highest BCUT2D eigenvalue weighted by Gasteiger charge is 2.20. The lowest BCUT2D eigenvalue weighted by Gasteiger charge is -2.08.